The average molecular weight is 543 g/mol. The van der Waals surface area contributed by atoms with Gasteiger partial charge in [0.25, 0.3) is 5.91 Å². The number of carbonyl (C=O) groups is 2. The van der Waals surface area contributed by atoms with Gasteiger partial charge in [0, 0.05) is 24.7 Å². The predicted molar refractivity (Wildman–Crippen MR) is 156 cm³/mol. The van der Waals surface area contributed by atoms with Gasteiger partial charge < -0.3 is 20.3 Å². The van der Waals surface area contributed by atoms with Crippen molar-refractivity contribution in [2.45, 2.75) is 32.4 Å². The number of nitrogens with zero attached hydrogens (tertiary/aromatic N) is 2. The molecular weight excluding hydrogens is 508 g/mol. The number of anilines is 1. The lowest BCUT2D eigenvalue weighted by molar-refractivity contribution is 0.0938. The Morgan fingerprint density at radius 2 is 1.51 bits per heavy atom. The molecule has 0 atom stereocenters. The Bertz CT molecular complexity index is 1300. The fourth-order valence-electron chi connectivity index (χ4n) is 4.11. The Kier molecular flexibility index (Phi) is 9.83. The number of rotatable bonds is 11. The van der Waals surface area contributed by atoms with Gasteiger partial charge in [-0.2, -0.15) is 0 Å². The number of nitrogens with one attached hydrogen (secondary N) is 2. The first-order valence-corrected chi connectivity index (χ1v) is 13.8. The van der Waals surface area contributed by atoms with Crippen LogP contribution in [0.25, 0.3) is 0 Å². The Hall–Kier alpha value is -4.01. The summed E-state index contributed by atoms with van der Waals surface area (Å²) in [5.41, 5.74) is 4.22. The van der Waals surface area contributed by atoms with Crippen LogP contribution in [0.4, 0.5) is 10.5 Å². The summed E-state index contributed by atoms with van der Waals surface area (Å²) in [7, 11) is 1.60. The molecule has 0 saturated carbocycles. The molecule has 4 aromatic rings. The number of thiazole rings is 1. The van der Waals surface area contributed by atoms with Crippen LogP contribution < -0.4 is 10.6 Å². The lowest BCUT2D eigenvalue weighted by Gasteiger charge is -2.22. The Balaban J connectivity index is 1.45. The molecule has 2 N–H and O–H groups in total. The van der Waals surface area contributed by atoms with Crippen molar-refractivity contribution in [2.75, 3.05) is 25.6 Å². The number of carbonyl (C=O) groups excluding carboxylic acids is 2. The molecule has 0 bridgehead atoms. The van der Waals surface area contributed by atoms with Crippen molar-refractivity contribution >= 4 is 29.0 Å². The summed E-state index contributed by atoms with van der Waals surface area (Å²) in [6, 6.07) is 27.0. The third-order valence-corrected chi connectivity index (χ3v) is 7.17. The highest BCUT2D eigenvalue weighted by Crippen LogP contribution is 2.23. The minimum atomic E-state index is -0.309. The molecule has 0 aliphatic carbocycles. The second-order valence-corrected chi connectivity index (χ2v) is 10.4. The second-order valence-electron chi connectivity index (χ2n) is 9.48. The van der Waals surface area contributed by atoms with Crippen molar-refractivity contribution in [1.82, 2.24) is 15.2 Å². The van der Waals surface area contributed by atoms with Gasteiger partial charge in [0.1, 0.15) is 10.7 Å². The van der Waals surface area contributed by atoms with E-state index in [2.05, 4.69) is 29.5 Å². The minimum Gasteiger partial charge on any atom is -0.383 e. The van der Waals surface area contributed by atoms with Crippen molar-refractivity contribution in [2.24, 2.45) is 0 Å². The maximum absolute atomic E-state index is 13.2. The van der Waals surface area contributed by atoms with E-state index in [-0.39, 0.29) is 24.5 Å². The van der Waals surface area contributed by atoms with Gasteiger partial charge in [-0.05, 0) is 34.7 Å². The summed E-state index contributed by atoms with van der Waals surface area (Å²) >= 11 is 1.35. The fraction of sp³-hybridized carbons (Fsp3) is 0.258. The Morgan fingerprint density at radius 1 is 0.897 bits per heavy atom. The smallest absolute Gasteiger partial charge is 0.322 e. The molecule has 1 heterocycles. The zero-order valence-corrected chi connectivity index (χ0v) is 23.3. The van der Waals surface area contributed by atoms with Gasteiger partial charge in [0.15, 0.2) is 0 Å². The van der Waals surface area contributed by atoms with Crippen LogP contribution in [0.5, 0.6) is 0 Å². The van der Waals surface area contributed by atoms with E-state index in [1.165, 1.54) is 16.9 Å². The van der Waals surface area contributed by atoms with E-state index < -0.39 is 0 Å². The number of methoxy groups -OCH3 is 1. The van der Waals surface area contributed by atoms with E-state index in [0.29, 0.717) is 29.8 Å². The summed E-state index contributed by atoms with van der Waals surface area (Å²) < 4.78 is 5.22. The van der Waals surface area contributed by atoms with Crippen LogP contribution in [0.2, 0.25) is 0 Å². The fourth-order valence-corrected chi connectivity index (χ4v) is 4.90. The van der Waals surface area contributed by atoms with E-state index in [4.69, 9.17) is 4.74 Å². The van der Waals surface area contributed by atoms with Gasteiger partial charge in [0.2, 0.25) is 0 Å². The summed E-state index contributed by atoms with van der Waals surface area (Å²) in [6.45, 7) is 5.29. The third kappa shape index (κ3) is 7.75. The number of benzene rings is 3. The molecular formula is C31H34N4O3S. The first-order chi connectivity index (χ1) is 18.9. The molecule has 3 aromatic carbocycles. The molecule has 39 heavy (non-hydrogen) atoms. The molecule has 0 spiro atoms. The predicted octanol–water partition coefficient (Wildman–Crippen LogP) is 6.47. The summed E-state index contributed by atoms with van der Waals surface area (Å²) in [4.78, 5) is 32.5. The quantitative estimate of drug-likeness (QED) is 0.228. The lowest BCUT2D eigenvalue weighted by Crippen LogP contribution is -2.37. The molecule has 3 amide bonds. The van der Waals surface area contributed by atoms with Crippen molar-refractivity contribution < 1.29 is 14.3 Å². The first kappa shape index (κ1) is 28.0. The van der Waals surface area contributed by atoms with Crippen LogP contribution in [-0.4, -0.2) is 42.1 Å². The topological polar surface area (TPSA) is 83.6 Å². The highest BCUT2D eigenvalue weighted by atomic mass is 32.1. The van der Waals surface area contributed by atoms with E-state index in [1.54, 1.807) is 17.4 Å². The zero-order valence-electron chi connectivity index (χ0n) is 22.5. The van der Waals surface area contributed by atoms with Crippen LogP contribution in [0.15, 0.2) is 90.3 Å². The summed E-state index contributed by atoms with van der Waals surface area (Å²) in [6.07, 6.45) is 0. The lowest BCUT2D eigenvalue weighted by atomic mass is 9.98. The monoisotopic (exact) mass is 542 g/mol. The van der Waals surface area contributed by atoms with Gasteiger partial charge in [-0.3, -0.25) is 4.79 Å². The SMILES string of the molecule is COCCN(Cc1nc(C(=O)NC(c2ccccc2)c2ccccc2)cs1)C(=O)Nc1ccc(C(C)C)cc1. The number of hydrogen-bond acceptors (Lipinski definition) is 5. The van der Waals surface area contributed by atoms with E-state index >= 15 is 0 Å². The highest BCUT2D eigenvalue weighted by molar-refractivity contribution is 7.09. The van der Waals surface area contributed by atoms with E-state index in [0.717, 1.165) is 16.8 Å². The van der Waals surface area contributed by atoms with Crippen molar-refractivity contribution in [3.05, 3.63) is 118 Å². The van der Waals surface area contributed by atoms with Crippen LogP contribution in [0.3, 0.4) is 0 Å². The molecule has 4 rings (SSSR count). The largest absolute Gasteiger partial charge is 0.383 e. The van der Waals surface area contributed by atoms with Gasteiger partial charge >= 0.3 is 6.03 Å². The highest BCUT2D eigenvalue weighted by Gasteiger charge is 2.21. The molecule has 0 unspecified atom stereocenters. The van der Waals surface area contributed by atoms with E-state index in [9.17, 15) is 9.59 Å². The maximum atomic E-state index is 13.2. The van der Waals surface area contributed by atoms with Gasteiger partial charge in [-0.15, -0.1) is 11.3 Å². The maximum Gasteiger partial charge on any atom is 0.322 e. The molecule has 0 saturated heterocycles. The Morgan fingerprint density at radius 3 is 2.08 bits per heavy atom. The van der Waals surface area contributed by atoms with Crippen molar-refractivity contribution in [3.63, 3.8) is 0 Å². The zero-order chi connectivity index (χ0) is 27.6. The van der Waals surface area contributed by atoms with Crippen LogP contribution in [-0.2, 0) is 11.3 Å². The van der Waals surface area contributed by atoms with Crippen LogP contribution >= 0.6 is 11.3 Å². The van der Waals surface area contributed by atoms with Gasteiger partial charge in [-0.1, -0.05) is 86.6 Å². The average Bonchev–Trinajstić information content (AvgIpc) is 3.44. The Labute approximate surface area is 233 Å². The third-order valence-electron chi connectivity index (χ3n) is 6.33. The number of aromatic nitrogens is 1. The number of amides is 3. The number of urea groups is 1. The van der Waals surface area contributed by atoms with Gasteiger partial charge in [-0.25, -0.2) is 9.78 Å². The molecule has 8 heteroatoms. The molecule has 7 nitrogen and oxygen atoms in total. The summed E-state index contributed by atoms with van der Waals surface area (Å²) in [5.74, 6) is 0.147. The molecule has 0 fully saturated rings. The van der Waals surface area contributed by atoms with Crippen LogP contribution in [0.1, 0.15) is 58.0 Å². The molecule has 1 aromatic heterocycles. The first-order valence-electron chi connectivity index (χ1n) is 12.9. The van der Waals surface area contributed by atoms with Crippen LogP contribution in [0, 0.1) is 0 Å². The number of ether oxygens (including phenoxy) is 1. The molecule has 0 aliphatic heterocycles. The standard InChI is InChI=1S/C31H34N4O3S/c1-22(2)23-14-16-26(17-15-23)32-31(37)35(18-19-38-3)20-28-33-27(21-39-28)30(36)34-29(24-10-6-4-7-11-24)25-12-8-5-9-13-25/h4-17,21-22,29H,18-20H2,1-3H3,(H,32,37)(H,34,36). The normalized spacial score (nSPS) is 11.0. The van der Waals surface area contributed by atoms with Gasteiger partial charge in [0.05, 0.1) is 19.2 Å². The molecule has 0 aliphatic rings. The van der Waals surface area contributed by atoms with Crippen molar-refractivity contribution in [1.29, 1.82) is 0 Å². The van der Waals surface area contributed by atoms with E-state index in [1.807, 2.05) is 84.9 Å². The molecule has 0 radical (unpaired) electrons. The second kappa shape index (κ2) is 13.7. The minimum absolute atomic E-state index is 0.251. The summed E-state index contributed by atoms with van der Waals surface area (Å²) in [5, 5.41) is 8.48. The van der Waals surface area contributed by atoms with Crippen molar-refractivity contribution in [3.8, 4) is 0 Å². The molecule has 202 valence electrons. The number of hydrogen-bond donors (Lipinski definition) is 2.